The van der Waals surface area contributed by atoms with E-state index < -0.39 is 0 Å². The van der Waals surface area contributed by atoms with Gasteiger partial charge in [0.25, 0.3) is 0 Å². The van der Waals surface area contributed by atoms with E-state index in [0.717, 1.165) is 25.3 Å². The third-order valence-electron chi connectivity index (χ3n) is 2.93. The SMILES string of the molecule is CC(C)CN(CCN(C)C)c1cnccc1/C(N)=N/O. The lowest BCUT2D eigenvalue weighted by atomic mass is 10.1. The Morgan fingerprint density at radius 2 is 2.10 bits per heavy atom. The van der Waals surface area contributed by atoms with Crippen LogP contribution in [0.25, 0.3) is 0 Å². The lowest BCUT2D eigenvalue weighted by Crippen LogP contribution is -2.36. The van der Waals surface area contributed by atoms with Crippen molar-refractivity contribution in [3.05, 3.63) is 24.0 Å². The smallest absolute Gasteiger partial charge is 0.172 e. The number of anilines is 1. The van der Waals surface area contributed by atoms with Gasteiger partial charge in [0.2, 0.25) is 0 Å². The summed E-state index contributed by atoms with van der Waals surface area (Å²) in [6.07, 6.45) is 3.42. The van der Waals surface area contributed by atoms with Crippen LogP contribution in [0.15, 0.2) is 23.6 Å². The molecule has 6 nitrogen and oxygen atoms in total. The topological polar surface area (TPSA) is 78.0 Å². The number of likely N-dealkylation sites (N-methyl/N-ethyl adjacent to an activating group) is 1. The van der Waals surface area contributed by atoms with Crippen molar-refractivity contribution in [3.8, 4) is 0 Å². The minimum atomic E-state index is 0.112. The predicted octanol–water partition coefficient (Wildman–Crippen LogP) is 1.20. The number of pyridine rings is 1. The Balaban J connectivity index is 3.06. The van der Waals surface area contributed by atoms with Crippen LogP contribution in [0, 0.1) is 5.92 Å². The van der Waals surface area contributed by atoms with Crippen LogP contribution in [0.4, 0.5) is 5.69 Å². The summed E-state index contributed by atoms with van der Waals surface area (Å²) in [7, 11) is 4.09. The zero-order chi connectivity index (χ0) is 15.1. The second-order valence-corrected chi connectivity index (χ2v) is 5.52. The normalized spacial score (nSPS) is 12.2. The monoisotopic (exact) mass is 279 g/mol. The molecule has 0 saturated heterocycles. The summed E-state index contributed by atoms with van der Waals surface area (Å²) in [6, 6.07) is 1.77. The molecule has 0 aliphatic rings. The first-order chi connectivity index (χ1) is 9.45. The van der Waals surface area contributed by atoms with Crippen molar-refractivity contribution in [3.63, 3.8) is 0 Å². The summed E-state index contributed by atoms with van der Waals surface area (Å²) >= 11 is 0. The molecule has 0 aliphatic heterocycles. The van der Waals surface area contributed by atoms with E-state index >= 15 is 0 Å². The fourth-order valence-corrected chi connectivity index (χ4v) is 1.98. The Morgan fingerprint density at radius 1 is 1.40 bits per heavy atom. The van der Waals surface area contributed by atoms with Gasteiger partial charge in [0.05, 0.1) is 11.9 Å². The van der Waals surface area contributed by atoms with E-state index in [2.05, 4.69) is 33.8 Å². The van der Waals surface area contributed by atoms with E-state index in [9.17, 15) is 0 Å². The number of aromatic nitrogens is 1. The Labute approximate surface area is 120 Å². The number of nitrogens with zero attached hydrogens (tertiary/aromatic N) is 4. The Bertz CT molecular complexity index is 445. The minimum absolute atomic E-state index is 0.112. The summed E-state index contributed by atoms with van der Waals surface area (Å²) in [4.78, 5) is 8.53. The van der Waals surface area contributed by atoms with Crippen molar-refractivity contribution in [2.75, 3.05) is 38.6 Å². The Hall–Kier alpha value is -1.82. The first kappa shape index (κ1) is 16.2. The van der Waals surface area contributed by atoms with Crippen LogP contribution in [0.2, 0.25) is 0 Å². The zero-order valence-electron chi connectivity index (χ0n) is 12.7. The van der Waals surface area contributed by atoms with Gasteiger partial charge in [0.15, 0.2) is 5.84 Å². The van der Waals surface area contributed by atoms with Crippen LogP contribution in [0.1, 0.15) is 19.4 Å². The molecule has 0 atom stereocenters. The quantitative estimate of drug-likeness (QED) is 0.339. The average molecular weight is 279 g/mol. The molecular formula is C14H25N5O. The lowest BCUT2D eigenvalue weighted by Gasteiger charge is -2.29. The third kappa shape index (κ3) is 4.70. The van der Waals surface area contributed by atoms with Crippen molar-refractivity contribution in [1.82, 2.24) is 9.88 Å². The molecule has 0 fully saturated rings. The van der Waals surface area contributed by atoms with E-state index in [4.69, 9.17) is 10.9 Å². The molecule has 0 unspecified atom stereocenters. The van der Waals surface area contributed by atoms with Gasteiger partial charge >= 0.3 is 0 Å². The predicted molar refractivity (Wildman–Crippen MR) is 82.4 cm³/mol. The molecule has 20 heavy (non-hydrogen) atoms. The van der Waals surface area contributed by atoms with E-state index in [0.29, 0.717) is 11.5 Å². The number of hydrogen-bond donors (Lipinski definition) is 2. The van der Waals surface area contributed by atoms with E-state index in [1.54, 1.807) is 18.5 Å². The number of rotatable bonds is 7. The van der Waals surface area contributed by atoms with Gasteiger partial charge in [-0.15, -0.1) is 0 Å². The van der Waals surface area contributed by atoms with Crippen LogP contribution in [0.3, 0.4) is 0 Å². The molecule has 0 radical (unpaired) electrons. The van der Waals surface area contributed by atoms with Crippen LogP contribution >= 0.6 is 0 Å². The van der Waals surface area contributed by atoms with Crippen LogP contribution in [-0.2, 0) is 0 Å². The second-order valence-electron chi connectivity index (χ2n) is 5.52. The molecule has 0 aromatic carbocycles. The number of oxime groups is 1. The van der Waals surface area contributed by atoms with Gasteiger partial charge in [0.1, 0.15) is 0 Å². The van der Waals surface area contributed by atoms with E-state index in [1.165, 1.54) is 0 Å². The van der Waals surface area contributed by atoms with Gasteiger partial charge < -0.3 is 20.7 Å². The standard InChI is InChI=1S/C14H25N5O/c1-11(2)10-19(8-7-18(3)4)13-9-16-6-5-12(13)14(15)17-20/h5-6,9,11,20H,7-8,10H2,1-4H3,(H2,15,17). The molecule has 6 heteroatoms. The third-order valence-corrected chi connectivity index (χ3v) is 2.93. The summed E-state index contributed by atoms with van der Waals surface area (Å²) < 4.78 is 0. The van der Waals surface area contributed by atoms with Gasteiger partial charge in [-0.05, 0) is 26.1 Å². The van der Waals surface area contributed by atoms with Crippen molar-refractivity contribution in [2.45, 2.75) is 13.8 Å². The molecular weight excluding hydrogens is 254 g/mol. The summed E-state index contributed by atoms with van der Waals surface area (Å²) in [5.74, 6) is 0.624. The van der Waals surface area contributed by atoms with Crippen molar-refractivity contribution >= 4 is 11.5 Å². The highest BCUT2D eigenvalue weighted by Crippen LogP contribution is 2.20. The highest BCUT2D eigenvalue weighted by Gasteiger charge is 2.15. The zero-order valence-corrected chi connectivity index (χ0v) is 12.7. The maximum absolute atomic E-state index is 8.91. The van der Waals surface area contributed by atoms with E-state index in [-0.39, 0.29) is 5.84 Å². The number of amidine groups is 1. The van der Waals surface area contributed by atoms with Gasteiger partial charge in [0, 0.05) is 31.4 Å². The first-order valence-corrected chi connectivity index (χ1v) is 6.77. The summed E-state index contributed by atoms with van der Waals surface area (Å²) in [5.41, 5.74) is 7.37. The Kier molecular flexibility index (Phi) is 6.24. The van der Waals surface area contributed by atoms with Crippen molar-refractivity contribution in [1.29, 1.82) is 0 Å². The largest absolute Gasteiger partial charge is 0.409 e. The summed E-state index contributed by atoms with van der Waals surface area (Å²) in [6.45, 7) is 7.02. The molecule has 0 bridgehead atoms. The first-order valence-electron chi connectivity index (χ1n) is 6.77. The number of hydrogen-bond acceptors (Lipinski definition) is 5. The molecule has 3 N–H and O–H groups in total. The van der Waals surface area contributed by atoms with Crippen molar-refractivity contribution < 1.29 is 5.21 Å². The molecule has 0 aliphatic carbocycles. The maximum atomic E-state index is 8.91. The van der Waals surface area contributed by atoms with Crippen molar-refractivity contribution in [2.24, 2.45) is 16.8 Å². The second kappa shape index (κ2) is 7.69. The molecule has 0 spiro atoms. The number of nitrogens with two attached hydrogens (primary N) is 1. The van der Waals surface area contributed by atoms with E-state index in [1.807, 2.05) is 14.1 Å². The lowest BCUT2D eigenvalue weighted by molar-refractivity contribution is 0.318. The van der Waals surface area contributed by atoms with Crippen LogP contribution in [-0.4, -0.2) is 54.7 Å². The highest BCUT2D eigenvalue weighted by molar-refractivity contribution is 6.02. The molecule has 0 saturated carbocycles. The average Bonchev–Trinajstić information content (AvgIpc) is 2.42. The Morgan fingerprint density at radius 3 is 2.65 bits per heavy atom. The summed E-state index contributed by atoms with van der Waals surface area (Å²) in [5, 5.41) is 12.0. The molecule has 1 aromatic rings. The fourth-order valence-electron chi connectivity index (χ4n) is 1.98. The van der Waals surface area contributed by atoms with Crippen LogP contribution in [0.5, 0.6) is 0 Å². The minimum Gasteiger partial charge on any atom is -0.409 e. The highest BCUT2D eigenvalue weighted by atomic mass is 16.4. The van der Waals surface area contributed by atoms with Gasteiger partial charge in [-0.1, -0.05) is 19.0 Å². The van der Waals surface area contributed by atoms with Gasteiger partial charge in [-0.25, -0.2) is 0 Å². The molecule has 1 heterocycles. The maximum Gasteiger partial charge on any atom is 0.172 e. The van der Waals surface area contributed by atoms with Crippen LogP contribution < -0.4 is 10.6 Å². The molecule has 1 rings (SSSR count). The molecule has 0 amide bonds. The van der Waals surface area contributed by atoms with Gasteiger partial charge in [-0.2, -0.15) is 0 Å². The molecule has 1 aromatic heterocycles. The van der Waals surface area contributed by atoms with Gasteiger partial charge in [-0.3, -0.25) is 4.98 Å². The molecule has 112 valence electrons. The fraction of sp³-hybridized carbons (Fsp3) is 0.571.